The largest absolute Gasteiger partial charge is 0.330 e. The molecule has 1 aromatic carbocycles. The van der Waals surface area contributed by atoms with Crippen molar-refractivity contribution in [2.24, 2.45) is 11.7 Å². The van der Waals surface area contributed by atoms with Gasteiger partial charge < -0.3 is 10.3 Å². The monoisotopic (exact) mass is 256 g/mol. The second kappa shape index (κ2) is 5.13. The number of nitrogens with zero attached hydrogens (tertiary/aromatic N) is 3. The Morgan fingerprint density at radius 2 is 2.05 bits per heavy atom. The summed E-state index contributed by atoms with van der Waals surface area (Å²) in [6, 6.07) is 8.52. The Bertz CT molecular complexity index is 556. The Morgan fingerprint density at radius 1 is 1.26 bits per heavy atom. The zero-order valence-corrected chi connectivity index (χ0v) is 11.3. The van der Waals surface area contributed by atoms with Crippen molar-refractivity contribution in [3.8, 4) is 11.4 Å². The van der Waals surface area contributed by atoms with E-state index in [1.807, 2.05) is 0 Å². The first-order valence-corrected chi connectivity index (χ1v) is 6.99. The Hall–Kier alpha value is -1.68. The van der Waals surface area contributed by atoms with Crippen molar-refractivity contribution in [2.75, 3.05) is 6.54 Å². The van der Waals surface area contributed by atoms with Crippen LogP contribution in [0.25, 0.3) is 11.4 Å². The summed E-state index contributed by atoms with van der Waals surface area (Å²) in [6.07, 6.45) is 3.18. The maximum absolute atomic E-state index is 5.57. The molecule has 3 rings (SSSR count). The molecule has 19 heavy (non-hydrogen) atoms. The zero-order chi connectivity index (χ0) is 13.2. The first kappa shape index (κ1) is 12.4. The molecule has 0 spiro atoms. The van der Waals surface area contributed by atoms with Crippen molar-refractivity contribution >= 4 is 0 Å². The van der Waals surface area contributed by atoms with Gasteiger partial charge in [0.1, 0.15) is 5.82 Å². The summed E-state index contributed by atoms with van der Waals surface area (Å²) < 4.78 is 2.26. The van der Waals surface area contributed by atoms with E-state index in [0.717, 1.165) is 42.5 Å². The van der Waals surface area contributed by atoms with Gasteiger partial charge in [-0.3, -0.25) is 0 Å². The van der Waals surface area contributed by atoms with Crippen LogP contribution in [0.5, 0.6) is 0 Å². The van der Waals surface area contributed by atoms with Crippen molar-refractivity contribution in [3.63, 3.8) is 0 Å². The molecule has 1 unspecified atom stereocenters. The van der Waals surface area contributed by atoms with Gasteiger partial charge in [0, 0.05) is 18.5 Å². The smallest absolute Gasteiger partial charge is 0.163 e. The molecule has 0 radical (unpaired) electrons. The van der Waals surface area contributed by atoms with Crippen molar-refractivity contribution in [3.05, 3.63) is 35.7 Å². The lowest BCUT2D eigenvalue weighted by Crippen LogP contribution is -2.17. The fourth-order valence-electron chi connectivity index (χ4n) is 2.69. The summed E-state index contributed by atoms with van der Waals surface area (Å²) >= 11 is 0. The SMILES string of the molecule is CC1CCn2c(nnc2-c2ccc(CCN)cc2)C1. The molecule has 0 aliphatic carbocycles. The molecule has 0 saturated carbocycles. The van der Waals surface area contributed by atoms with Crippen LogP contribution in [0, 0.1) is 5.92 Å². The number of hydrogen-bond donors (Lipinski definition) is 1. The van der Waals surface area contributed by atoms with Crippen LogP contribution in [0.4, 0.5) is 0 Å². The Balaban J connectivity index is 1.90. The lowest BCUT2D eigenvalue weighted by Gasteiger charge is -2.20. The number of hydrogen-bond acceptors (Lipinski definition) is 3. The van der Waals surface area contributed by atoms with Crippen LogP contribution in [0.15, 0.2) is 24.3 Å². The Labute approximate surface area is 113 Å². The molecule has 1 atom stereocenters. The summed E-state index contributed by atoms with van der Waals surface area (Å²) in [5.74, 6) is 2.84. The molecule has 4 nitrogen and oxygen atoms in total. The molecule has 100 valence electrons. The van der Waals surface area contributed by atoms with Crippen molar-refractivity contribution in [1.29, 1.82) is 0 Å². The third-order valence-corrected chi connectivity index (χ3v) is 3.85. The third kappa shape index (κ3) is 2.40. The average Bonchev–Trinajstić information content (AvgIpc) is 2.83. The van der Waals surface area contributed by atoms with Crippen LogP contribution in [-0.4, -0.2) is 21.3 Å². The Kier molecular flexibility index (Phi) is 3.34. The number of fused-ring (bicyclic) bond motifs is 1. The van der Waals surface area contributed by atoms with E-state index in [4.69, 9.17) is 5.73 Å². The van der Waals surface area contributed by atoms with E-state index in [0.29, 0.717) is 6.54 Å². The van der Waals surface area contributed by atoms with E-state index >= 15 is 0 Å². The molecule has 0 fully saturated rings. The van der Waals surface area contributed by atoms with E-state index < -0.39 is 0 Å². The van der Waals surface area contributed by atoms with Crippen molar-refractivity contribution in [1.82, 2.24) is 14.8 Å². The molecule has 1 aliphatic rings. The maximum Gasteiger partial charge on any atom is 0.163 e. The molecule has 2 N–H and O–H groups in total. The van der Waals surface area contributed by atoms with E-state index in [2.05, 4.69) is 46.0 Å². The molecule has 2 aromatic rings. The molecular formula is C15H20N4. The van der Waals surface area contributed by atoms with Gasteiger partial charge in [-0.1, -0.05) is 31.2 Å². The molecule has 0 bridgehead atoms. The maximum atomic E-state index is 5.57. The van der Waals surface area contributed by atoms with Crippen LogP contribution >= 0.6 is 0 Å². The molecule has 4 heteroatoms. The summed E-state index contributed by atoms with van der Waals surface area (Å²) in [6.45, 7) is 4.00. The van der Waals surface area contributed by atoms with Gasteiger partial charge in [-0.25, -0.2) is 0 Å². The van der Waals surface area contributed by atoms with Gasteiger partial charge in [0.15, 0.2) is 5.82 Å². The lowest BCUT2D eigenvalue weighted by atomic mass is 10.00. The molecular weight excluding hydrogens is 236 g/mol. The Morgan fingerprint density at radius 3 is 2.79 bits per heavy atom. The lowest BCUT2D eigenvalue weighted by molar-refractivity contribution is 0.411. The number of nitrogens with two attached hydrogens (primary N) is 1. The highest BCUT2D eigenvalue weighted by atomic mass is 15.3. The highest BCUT2D eigenvalue weighted by Crippen LogP contribution is 2.25. The predicted molar refractivity (Wildman–Crippen MR) is 75.7 cm³/mol. The van der Waals surface area contributed by atoms with Gasteiger partial charge in [-0.05, 0) is 30.9 Å². The van der Waals surface area contributed by atoms with Crippen LogP contribution in [0.2, 0.25) is 0 Å². The first-order chi connectivity index (χ1) is 9.28. The minimum atomic E-state index is 0.692. The zero-order valence-electron chi connectivity index (χ0n) is 11.3. The number of benzene rings is 1. The van der Waals surface area contributed by atoms with Crippen LogP contribution in [-0.2, 0) is 19.4 Å². The summed E-state index contributed by atoms with van der Waals surface area (Å²) in [5, 5.41) is 8.70. The van der Waals surface area contributed by atoms with Gasteiger partial charge in [0.25, 0.3) is 0 Å². The van der Waals surface area contributed by atoms with E-state index in [1.54, 1.807) is 0 Å². The number of aromatic nitrogens is 3. The summed E-state index contributed by atoms with van der Waals surface area (Å²) in [4.78, 5) is 0. The highest BCUT2D eigenvalue weighted by Gasteiger charge is 2.20. The molecule has 1 aliphatic heterocycles. The quantitative estimate of drug-likeness (QED) is 0.914. The van der Waals surface area contributed by atoms with Gasteiger partial charge in [-0.2, -0.15) is 0 Å². The van der Waals surface area contributed by atoms with Crippen LogP contribution in [0.3, 0.4) is 0 Å². The third-order valence-electron chi connectivity index (χ3n) is 3.85. The fraction of sp³-hybridized carbons (Fsp3) is 0.467. The first-order valence-electron chi connectivity index (χ1n) is 6.99. The van der Waals surface area contributed by atoms with Crippen LogP contribution < -0.4 is 5.73 Å². The van der Waals surface area contributed by atoms with E-state index in [-0.39, 0.29) is 0 Å². The second-order valence-corrected chi connectivity index (χ2v) is 5.43. The highest BCUT2D eigenvalue weighted by molar-refractivity contribution is 5.56. The topological polar surface area (TPSA) is 56.7 Å². The molecule has 0 amide bonds. The second-order valence-electron chi connectivity index (χ2n) is 5.43. The standard InChI is InChI=1S/C15H20N4/c1-11-7-9-19-14(10-11)17-18-15(19)13-4-2-12(3-5-13)6-8-16/h2-5,11H,6-10,16H2,1H3. The van der Waals surface area contributed by atoms with Gasteiger partial charge in [0.2, 0.25) is 0 Å². The predicted octanol–water partition coefficient (Wildman–Crippen LogP) is 2.03. The van der Waals surface area contributed by atoms with Gasteiger partial charge in [-0.15, -0.1) is 10.2 Å². The summed E-state index contributed by atoms with van der Waals surface area (Å²) in [5.41, 5.74) is 7.99. The molecule has 0 saturated heterocycles. The van der Waals surface area contributed by atoms with Crippen molar-refractivity contribution in [2.45, 2.75) is 32.7 Å². The minimum absolute atomic E-state index is 0.692. The van der Waals surface area contributed by atoms with E-state index in [1.165, 1.54) is 12.0 Å². The van der Waals surface area contributed by atoms with E-state index in [9.17, 15) is 0 Å². The van der Waals surface area contributed by atoms with Gasteiger partial charge in [0.05, 0.1) is 0 Å². The van der Waals surface area contributed by atoms with Gasteiger partial charge >= 0.3 is 0 Å². The molecule has 2 heterocycles. The van der Waals surface area contributed by atoms with Crippen LogP contribution in [0.1, 0.15) is 24.7 Å². The summed E-state index contributed by atoms with van der Waals surface area (Å²) in [7, 11) is 0. The fourth-order valence-corrected chi connectivity index (χ4v) is 2.69. The van der Waals surface area contributed by atoms with Crippen molar-refractivity contribution < 1.29 is 0 Å². The minimum Gasteiger partial charge on any atom is -0.330 e. The average molecular weight is 256 g/mol. The molecule has 1 aromatic heterocycles. The number of rotatable bonds is 3. The normalized spacial score (nSPS) is 18.3.